The van der Waals surface area contributed by atoms with E-state index in [-0.39, 0.29) is 11.8 Å². The van der Waals surface area contributed by atoms with E-state index in [1.165, 1.54) is 4.90 Å². The molecule has 96 valence electrons. The zero-order valence-corrected chi connectivity index (χ0v) is 11.6. The van der Waals surface area contributed by atoms with Crippen molar-refractivity contribution < 1.29 is 9.59 Å². The molecular weight excluding hydrogens is 296 g/mol. The highest BCUT2D eigenvalue weighted by Crippen LogP contribution is 2.21. The number of hydrogen-bond donors (Lipinski definition) is 1. The summed E-state index contributed by atoms with van der Waals surface area (Å²) in [6.07, 6.45) is 2.49. The molecule has 1 aromatic rings. The van der Waals surface area contributed by atoms with Gasteiger partial charge in [0.1, 0.15) is 0 Å². The summed E-state index contributed by atoms with van der Waals surface area (Å²) in [4.78, 5) is 25.1. The fourth-order valence-corrected chi connectivity index (χ4v) is 2.65. The van der Waals surface area contributed by atoms with Gasteiger partial charge in [0.2, 0.25) is 11.8 Å². The predicted octanol–water partition coefficient (Wildman–Crippen LogP) is 2.46. The van der Waals surface area contributed by atoms with Crippen molar-refractivity contribution in [2.45, 2.75) is 32.2 Å². The van der Waals surface area contributed by atoms with Crippen molar-refractivity contribution in [1.82, 2.24) is 4.90 Å². The van der Waals surface area contributed by atoms with E-state index in [1.54, 1.807) is 12.1 Å². The Bertz CT molecular complexity index is 450. The molecule has 1 heterocycles. The van der Waals surface area contributed by atoms with Gasteiger partial charge in [-0.05, 0) is 36.6 Å². The van der Waals surface area contributed by atoms with Crippen LogP contribution in [-0.2, 0) is 16.1 Å². The van der Waals surface area contributed by atoms with Crippen LogP contribution in [0.4, 0.5) is 5.69 Å². The first-order valence-corrected chi connectivity index (χ1v) is 6.74. The molecule has 1 aliphatic heterocycles. The number of carbonyl (C=O) groups excluding carboxylic acids is 2. The molecule has 0 saturated carbocycles. The summed E-state index contributed by atoms with van der Waals surface area (Å²) in [5.74, 6) is -0.174. The summed E-state index contributed by atoms with van der Waals surface area (Å²) in [6.45, 7) is 0.307. The lowest BCUT2D eigenvalue weighted by atomic mass is 10.2. The van der Waals surface area contributed by atoms with Crippen molar-refractivity contribution in [2.75, 3.05) is 5.73 Å². The number of hydrogen-bond acceptors (Lipinski definition) is 3. The van der Waals surface area contributed by atoms with Gasteiger partial charge in [0.25, 0.3) is 0 Å². The van der Waals surface area contributed by atoms with Crippen molar-refractivity contribution in [3.05, 3.63) is 28.2 Å². The van der Waals surface area contributed by atoms with E-state index in [9.17, 15) is 9.59 Å². The van der Waals surface area contributed by atoms with Crippen LogP contribution in [0.3, 0.4) is 0 Å². The number of amides is 2. The summed E-state index contributed by atoms with van der Waals surface area (Å²) in [5.41, 5.74) is 7.23. The molecule has 1 aliphatic rings. The Morgan fingerprint density at radius 2 is 1.72 bits per heavy atom. The van der Waals surface area contributed by atoms with E-state index < -0.39 is 0 Å². The van der Waals surface area contributed by atoms with Crippen LogP contribution in [0.1, 0.15) is 31.2 Å². The number of nitrogens with zero attached hydrogens (tertiary/aromatic N) is 1. The van der Waals surface area contributed by atoms with Gasteiger partial charge < -0.3 is 5.73 Å². The molecule has 5 heteroatoms. The molecule has 18 heavy (non-hydrogen) atoms. The van der Waals surface area contributed by atoms with E-state index in [4.69, 9.17) is 5.73 Å². The molecule has 0 unspecified atom stereocenters. The Hall–Kier alpha value is -1.36. The molecule has 2 N–H and O–H groups in total. The second-order valence-corrected chi connectivity index (χ2v) is 5.39. The second kappa shape index (κ2) is 5.52. The second-order valence-electron chi connectivity index (χ2n) is 4.47. The number of halogens is 1. The number of nitrogen functional groups attached to an aromatic ring is 1. The number of nitrogens with two attached hydrogens (primary N) is 1. The van der Waals surface area contributed by atoms with Gasteiger partial charge in [0.05, 0.1) is 6.54 Å². The molecule has 1 saturated heterocycles. The molecule has 0 spiro atoms. The topological polar surface area (TPSA) is 63.4 Å². The molecule has 1 aromatic carbocycles. The van der Waals surface area contributed by atoms with E-state index in [1.807, 2.05) is 6.07 Å². The predicted molar refractivity (Wildman–Crippen MR) is 72.6 cm³/mol. The Kier molecular flexibility index (Phi) is 4.01. The lowest BCUT2D eigenvalue weighted by Crippen LogP contribution is -2.34. The Morgan fingerprint density at radius 3 is 2.28 bits per heavy atom. The molecule has 1 fully saturated rings. The minimum atomic E-state index is -0.0870. The lowest BCUT2D eigenvalue weighted by molar-refractivity contribution is -0.144. The van der Waals surface area contributed by atoms with Crippen molar-refractivity contribution in [1.29, 1.82) is 0 Å². The Morgan fingerprint density at radius 1 is 1.11 bits per heavy atom. The van der Waals surface area contributed by atoms with Crippen LogP contribution in [0.25, 0.3) is 0 Å². The number of imide groups is 1. The van der Waals surface area contributed by atoms with E-state index in [2.05, 4.69) is 15.9 Å². The van der Waals surface area contributed by atoms with Crippen molar-refractivity contribution >= 4 is 33.4 Å². The minimum Gasteiger partial charge on any atom is -0.399 e. The summed E-state index contributed by atoms with van der Waals surface area (Å²) < 4.78 is 0.854. The van der Waals surface area contributed by atoms with Crippen LogP contribution in [0.15, 0.2) is 22.7 Å². The summed E-state index contributed by atoms with van der Waals surface area (Å²) in [6, 6.07) is 5.45. The molecular formula is C13H15BrN2O2. The van der Waals surface area contributed by atoms with Gasteiger partial charge in [-0.1, -0.05) is 15.9 Å². The first kappa shape index (κ1) is 13.1. The summed E-state index contributed by atoms with van der Waals surface area (Å²) >= 11 is 3.36. The highest BCUT2D eigenvalue weighted by molar-refractivity contribution is 9.10. The zero-order chi connectivity index (χ0) is 13.1. The fraction of sp³-hybridized carbons (Fsp3) is 0.385. The van der Waals surface area contributed by atoms with Crippen LogP contribution in [0.2, 0.25) is 0 Å². The smallest absolute Gasteiger partial charge is 0.229 e. The molecule has 2 amide bonds. The first-order chi connectivity index (χ1) is 8.56. The third kappa shape index (κ3) is 3.10. The van der Waals surface area contributed by atoms with Gasteiger partial charge in [-0.3, -0.25) is 14.5 Å². The number of carbonyl (C=O) groups is 2. The summed E-state index contributed by atoms with van der Waals surface area (Å²) in [5, 5.41) is 0. The van der Waals surface area contributed by atoms with Crippen LogP contribution in [0.5, 0.6) is 0 Å². The van der Waals surface area contributed by atoms with E-state index in [0.717, 1.165) is 22.9 Å². The van der Waals surface area contributed by atoms with Gasteiger partial charge in [-0.15, -0.1) is 0 Å². The average Bonchev–Trinajstić information content (AvgIpc) is 2.43. The molecule has 0 atom stereocenters. The highest BCUT2D eigenvalue weighted by Gasteiger charge is 2.24. The SMILES string of the molecule is Nc1cc(Br)cc(CN2C(=O)CCCCC2=O)c1. The molecule has 2 rings (SSSR count). The van der Waals surface area contributed by atoms with Crippen molar-refractivity contribution in [3.8, 4) is 0 Å². The Balaban J connectivity index is 2.20. The minimum absolute atomic E-state index is 0.0870. The van der Waals surface area contributed by atoms with Crippen molar-refractivity contribution in [2.24, 2.45) is 0 Å². The van der Waals surface area contributed by atoms with Gasteiger partial charge in [0, 0.05) is 23.0 Å². The van der Waals surface area contributed by atoms with Gasteiger partial charge in [-0.25, -0.2) is 0 Å². The fourth-order valence-electron chi connectivity index (χ4n) is 2.09. The van der Waals surface area contributed by atoms with Crippen LogP contribution >= 0.6 is 15.9 Å². The maximum absolute atomic E-state index is 11.9. The number of likely N-dealkylation sites (tertiary alicyclic amines) is 1. The zero-order valence-electron chi connectivity index (χ0n) is 9.99. The molecule has 0 bridgehead atoms. The average molecular weight is 311 g/mol. The molecule has 4 nitrogen and oxygen atoms in total. The quantitative estimate of drug-likeness (QED) is 0.674. The largest absolute Gasteiger partial charge is 0.399 e. The van der Waals surface area contributed by atoms with Gasteiger partial charge in [0.15, 0.2) is 0 Å². The van der Waals surface area contributed by atoms with Crippen LogP contribution < -0.4 is 5.73 Å². The van der Waals surface area contributed by atoms with Gasteiger partial charge in [-0.2, -0.15) is 0 Å². The van der Waals surface area contributed by atoms with Crippen LogP contribution in [0, 0.1) is 0 Å². The maximum atomic E-state index is 11.9. The molecule has 0 radical (unpaired) electrons. The van der Waals surface area contributed by atoms with Crippen molar-refractivity contribution in [3.63, 3.8) is 0 Å². The standard InChI is InChI=1S/C13H15BrN2O2/c14-10-5-9(6-11(15)7-10)8-16-12(17)3-1-2-4-13(16)18/h5-7H,1-4,8,15H2. The monoisotopic (exact) mass is 310 g/mol. The lowest BCUT2D eigenvalue weighted by Gasteiger charge is -2.19. The third-order valence-corrected chi connectivity index (χ3v) is 3.41. The molecule has 0 aromatic heterocycles. The van der Waals surface area contributed by atoms with Gasteiger partial charge >= 0.3 is 0 Å². The number of anilines is 1. The Labute approximate surface area is 114 Å². The third-order valence-electron chi connectivity index (χ3n) is 2.95. The molecule has 0 aliphatic carbocycles. The summed E-state index contributed by atoms with van der Waals surface area (Å²) in [7, 11) is 0. The van der Waals surface area contributed by atoms with Crippen LogP contribution in [-0.4, -0.2) is 16.7 Å². The number of rotatable bonds is 2. The normalized spacial score (nSPS) is 16.8. The number of benzene rings is 1. The maximum Gasteiger partial charge on any atom is 0.229 e. The highest BCUT2D eigenvalue weighted by atomic mass is 79.9. The van der Waals surface area contributed by atoms with E-state index >= 15 is 0 Å². The first-order valence-electron chi connectivity index (χ1n) is 5.94. The van der Waals surface area contributed by atoms with E-state index in [0.29, 0.717) is 25.1 Å².